The van der Waals surface area contributed by atoms with E-state index in [9.17, 15) is 23.3 Å². The molecule has 0 unspecified atom stereocenters. The van der Waals surface area contributed by atoms with Gasteiger partial charge >= 0.3 is 6.18 Å². The predicted molar refractivity (Wildman–Crippen MR) is 77.2 cm³/mol. The topological polar surface area (TPSA) is 80.1 Å². The fourth-order valence-corrected chi connectivity index (χ4v) is 2.27. The van der Waals surface area contributed by atoms with Crippen LogP contribution >= 0.6 is 11.3 Å². The summed E-state index contributed by atoms with van der Waals surface area (Å²) in [6.45, 7) is 0.792. The molecule has 1 heterocycles. The summed E-state index contributed by atoms with van der Waals surface area (Å²) in [4.78, 5) is 12.9. The van der Waals surface area contributed by atoms with Crippen molar-refractivity contribution < 1.29 is 18.1 Å². The van der Waals surface area contributed by atoms with E-state index in [-0.39, 0.29) is 10.8 Å². The lowest BCUT2D eigenvalue weighted by Crippen LogP contribution is -2.13. The predicted octanol–water partition coefficient (Wildman–Crippen LogP) is 3.59. The molecular formula is C12H11F3N4O2S. The van der Waals surface area contributed by atoms with Crippen LogP contribution in [0.4, 0.5) is 29.7 Å². The third-order valence-corrected chi connectivity index (χ3v) is 3.59. The number of non-ortho nitro benzene ring substituents is 1. The Morgan fingerprint density at radius 3 is 2.36 bits per heavy atom. The van der Waals surface area contributed by atoms with E-state index in [2.05, 4.69) is 15.6 Å². The zero-order chi connectivity index (χ0) is 16.2. The lowest BCUT2D eigenvalue weighted by Gasteiger charge is -2.06. The van der Waals surface area contributed by atoms with Gasteiger partial charge in [-0.1, -0.05) is 11.3 Å². The van der Waals surface area contributed by atoms with E-state index in [0.717, 1.165) is 6.20 Å². The molecule has 1 aromatic carbocycles. The molecule has 0 aliphatic carbocycles. The molecule has 0 amide bonds. The number of benzene rings is 1. The van der Waals surface area contributed by atoms with Crippen molar-refractivity contribution in [3.8, 4) is 0 Å². The van der Waals surface area contributed by atoms with E-state index >= 15 is 0 Å². The molecule has 0 saturated heterocycles. The van der Waals surface area contributed by atoms with Gasteiger partial charge in [0.15, 0.2) is 5.13 Å². The van der Waals surface area contributed by atoms with Gasteiger partial charge in [-0.25, -0.2) is 4.98 Å². The monoisotopic (exact) mass is 332 g/mol. The minimum Gasteiger partial charge on any atom is -0.383 e. The van der Waals surface area contributed by atoms with Crippen LogP contribution in [-0.2, 0) is 6.18 Å². The maximum absolute atomic E-state index is 12.4. The number of halogens is 3. The van der Waals surface area contributed by atoms with E-state index in [0.29, 0.717) is 30.1 Å². The van der Waals surface area contributed by atoms with Crippen molar-refractivity contribution in [2.75, 3.05) is 23.7 Å². The number of hydrogen-bond donors (Lipinski definition) is 2. The second kappa shape index (κ2) is 6.60. The highest BCUT2D eigenvalue weighted by Gasteiger charge is 2.33. The number of thiazole rings is 1. The minimum atomic E-state index is -4.38. The van der Waals surface area contributed by atoms with Gasteiger partial charge in [0.05, 0.1) is 11.1 Å². The molecule has 118 valence electrons. The van der Waals surface area contributed by atoms with Crippen molar-refractivity contribution >= 4 is 27.8 Å². The Morgan fingerprint density at radius 1 is 1.18 bits per heavy atom. The third-order valence-electron chi connectivity index (χ3n) is 2.59. The number of hydrogen-bond acceptors (Lipinski definition) is 6. The number of alkyl halides is 3. The van der Waals surface area contributed by atoms with Crippen LogP contribution in [0.25, 0.3) is 0 Å². The standard InChI is InChI=1S/C12H11F3N4O2S/c13-12(14,15)10-7-18-11(22-10)17-6-5-16-8-1-3-9(4-2-8)19(20)21/h1-4,7,16H,5-6H2,(H,17,18). The Morgan fingerprint density at radius 2 is 1.82 bits per heavy atom. The third kappa shape index (κ3) is 4.32. The highest BCUT2D eigenvalue weighted by atomic mass is 32.1. The quantitative estimate of drug-likeness (QED) is 0.480. The summed E-state index contributed by atoms with van der Waals surface area (Å²) < 4.78 is 37.1. The largest absolute Gasteiger partial charge is 0.427 e. The molecule has 2 rings (SSSR count). The van der Waals surface area contributed by atoms with Crippen LogP contribution in [0.5, 0.6) is 0 Å². The maximum Gasteiger partial charge on any atom is 0.427 e. The van der Waals surface area contributed by atoms with Crippen molar-refractivity contribution in [1.82, 2.24) is 4.98 Å². The van der Waals surface area contributed by atoms with Crippen LogP contribution < -0.4 is 10.6 Å². The summed E-state index contributed by atoms with van der Waals surface area (Å²) in [7, 11) is 0. The number of rotatable bonds is 6. The summed E-state index contributed by atoms with van der Waals surface area (Å²) in [6.07, 6.45) is -3.59. The van der Waals surface area contributed by atoms with Crippen LogP contribution in [-0.4, -0.2) is 23.0 Å². The Labute approximate surface area is 127 Å². The smallest absolute Gasteiger partial charge is 0.383 e. The molecular weight excluding hydrogens is 321 g/mol. The Bertz CT molecular complexity index is 643. The molecule has 2 aromatic rings. The number of nitrogens with zero attached hydrogens (tertiary/aromatic N) is 2. The maximum atomic E-state index is 12.4. The van der Waals surface area contributed by atoms with Gasteiger partial charge in [-0.15, -0.1) is 0 Å². The minimum absolute atomic E-state index is 0.00820. The molecule has 0 atom stereocenters. The zero-order valence-electron chi connectivity index (χ0n) is 11.1. The molecule has 0 bridgehead atoms. The fraction of sp³-hybridized carbons (Fsp3) is 0.250. The van der Waals surface area contributed by atoms with Crippen LogP contribution in [0.15, 0.2) is 30.5 Å². The number of nitrogens with one attached hydrogen (secondary N) is 2. The number of nitro benzene ring substituents is 1. The first kappa shape index (κ1) is 16.0. The normalized spacial score (nSPS) is 11.2. The fourth-order valence-electron chi connectivity index (χ4n) is 1.56. The van der Waals surface area contributed by atoms with Gasteiger partial charge in [0.2, 0.25) is 0 Å². The lowest BCUT2D eigenvalue weighted by atomic mass is 10.3. The molecule has 0 aliphatic heterocycles. The van der Waals surface area contributed by atoms with Crippen molar-refractivity contribution in [1.29, 1.82) is 0 Å². The molecule has 10 heteroatoms. The highest BCUT2D eigenvalue weighted by molar-refractivity contribution is 7.15. The van der Waals surface area contributed by atoms with Crippen molar-refractivity contribution in [3.63, 3.8) is 0 Å². The van der Waals surface area contributed by atoms with E-state index in [1.165, 1.54) is 12.1 Å². The van der Waals surface area contributed by atoms with Crippen molar-refractivity contribution in [2.45, 2.75) is 6.18 Å². The number of anilines is 2. The van der Waals surface area contributed by atoms with E-state index in [1.807, 2.05) is 0 Å². The molecule has 22 heavy (non-hydrogen) atoms. The SMILES string of the molecule is O=[N+]([O-])c1ccc(NCCNc2ncc(C(F)(F)F)s2)cc1. The van der Waals surface area contributed by atoms with Crippen LogP contribution in [0, 0.1) is 10.1 Å². The zero-order valence-corrected chi connectivity index (χ0v) is 11.9. The molecule has 0 fully saturated rings. The number of aromatic nitrogens is 1. The molecule has 2 N–H and O–H groups in total. The van der Waals surface area contributed by atoms with Gasteiger partial charge in [0.25, 0.3) is 5.69 Å². The number of nitro groups is 1. The Hall–Kier alpha value is -2.36. The van der Waals surface area contributed by atoms with Gasteiger partial charge in [-0.2, -0.15) is 13.2 Å². The van der Waals surface area contributed by atoms with Gasteiger partial charge < -0.3 is 10.6 Å². The second-order valence-electron chi connectivity index (χ2n) is 4.18. The Balaban J connectivity index is 1.77. The molecule has 0 radical (unpaired) electrons. The molecule has 6 nitrogen and oxygen atoms in total. The average molecular weight is 332 g/mol. The van der Waals surface area contributed by atoms with Gasteiger partial charge in [-0.3, -0.25) is 10.1 Å². The van der Waals surface area contributed by atoms with Gasteiger partial charge in [0.1, 0.15) is 4.88 Å². The molecule has 0 saturated carbocycles. The summed E-state index contributed by atoms with van der Waals surface area (Å²) in [6, 6.07) is 5.85. The molecule has 0 aliphatic rings. The summed E-state index contributed by atoms with van der Waals surface area (Å²) >= 11 is 0.541. The van der Waals surface area contributed by atoms with E-state index < -0.39 is 16.0 Å². The van der Waals surface area contributed by atoms with Crippen LogP contribution in [0.1, 0.15) is 4.88 Å². The van der Waals surface area contributed by atoms with Gasteiger partial charge in [0, 0.05) is 30.9 Å². The van der Waals surface area contributed by atoms with Crippen LogP contribution in [0.3, 0.4) is 0 Å². The first-order chi connectivity index (χ1) is 10.4. The first-order valence-corrected chi connectivity index (χ1v) is 6.93. The highest BCUT2D eigenvalue weighted by Crippen LogP contribution is 2.34. The summed E-state index contributed by atoms with van der Waals surface area (Å²) in [5.41, 5.74) is 0.675. The van der Waals surface area contributed by atoms with Crippen LogP contribution in [0.2, 0.25) is 0 Å². The summed E-state index contributed by atoms with van der Waals surface area (Å²) in [5.74, 6) is 0. The molecule has 1 aromatic heterocycles. The van der Waals surface area contributed by atoms with Crippen molar-refractivity contribution in [3.05, 3.63) is 45.5 Å². The second-order valence-corrected chi connectivity index (χ2v) is 5.22. The average Bonchev–Trinajstić information content (AvgIpc) is 2.93. The van der Waals surface area contributed by atoms with E-state index in [1.54, 1.807) is 12.1 Å². The van der Waals surface area contributed by atoms with Gasteiger partial charge in [-0.05, 0) is 12.1 Å². The first-order valence-electron chi connectivity index (χ1n) is 6.11. The lowest BCUT2D eigenvalue weighted by molar-refractivity contribution is -0.384. The molecule has 0 spiro atoms. The van der Waals surface area contributed by atoms with Crippen molar-refractivity contribution in [2.24, 2.45) is 0 Å². The Kier molecular flexibility index (Phi) is 4.81. The van der Waals surface area contributed by atoms with E-state index in [4.69, 9.17) is 0 Å². The summed E-state index contributed by atoms with van der Waals surface area (Å²) in [5, 5.41) is 16.4.